The van der Waals surface area contributed by atoms with Crippen LogP contribution in [-0.2, 0) is 16.0 Å². The van der Waals surface area contributed by atoms with Gasteiger partial charge in [0.1, 0.15) is 28.9 Å². The molecule has 1 N–H and O–H groups in total. The summed E-state index contributed by atoms with van der Waals surface area (Å²) in [6, 6.07) is 2.08. The van der Waals surface area contributed by atoms with E-state index in [1.54, 1.807) is 31.6 Å². The fourth-order valence-electron chi connectivity index (χ4n) is 2.75. The third-order valence-corrected chi connectivity index (χ3v) is 4.08. The summed E-state index contributed by atoms with van der Waals surface area (Å²) < 4.78 is 14.2. The maximum Gasteiger partial charge on any atom is 0.509 e. The molecule has 8 nitrogen and oxygen atoms in total. The zero-order valence-electron chi connectivity index (χ0n) is 15.6. The highest BCUT2D eigenvalue weighted by Gasteiger charge is 2.27. The van der Waals surface area contributed by atoms with Crippen LogP contribution in [0, 0.1) is 0 Å². The number of nitrogens with one attached hydrogen (secondary N) is 1. The second kappa shape index (κ2) is 6.83. The van der Waals surface area contributed by atoms with Crippen molar-refractivity contribution in [2.75, 3.05) is 11.9 Å². The molecule has 0 bridgehead atoms. The Morgan fingerprint density at radius 3 is 2.81 bits per heavy atom. The van der Waals surface area contributed by atoms with Crippen LogP contribution in [0.15, 0.2) is 12.3 Å². The van der Waals surface area contributed by atoms with Crippen LogP contribution in [0.4, 0.5) is 10.6 Å². The molecule has 0 saturated heterocycles. The molecule has 1 unspecified atom stereocenters. The molecular weight excluding hydrogens is 358 g/mol. The van der Waals surface area contributed by atoms with Crippen molar-refractivity contribution in [1.29, 1.82) is 0 Å². The van der Waals surface area contributed by atoms with Crippen molar-refractivity contribution in [3.8, 4) is 11.4 Å². The molecule has 0 spiro atoms. The van der Waals surface area contributed by atoms with Crippen molar-refractivity contribution in [1.82, 2.24) is 19.6 Å². The van der Waals surface area contributed by atoms with Gasteiger partial charge in [0.25, 0.3) is 0 Å². The van der Waals surface area contributed by atoms with Crippen molar-refractivity contribution in [2.45, 2.75) is 58.9 Å². The van der Waals surface area contributed by atoms with Crippen molar-refractivity contribution >= 4 is 23.6 Å². The number of carbonyl (C=O) groups is 1. The fourth-order valence-corrected chi connectivity index (χ4v) is 2.98. The first-order valence-corrected chi connectivity index (χ1v) is 8.96. The lowest BCUT2D eigenvalue weighted by Crippen LogP contribution is -2.37. The van der Waals surface area contributed by atoms with Gasteiger partial charge in [0.15, 0.2) is 0 Å². The summed E-state index contributed by atoms with van der Waals surface area (Å²) in [6.07, 6.45) is 0.577. The van der Waals surface area contributed by atoms with E-state index >= 15 is 0 Å². The normalized spacial score (nSPS) is 17.0. The molecule has 0 radical (unpaired) electrons. The van der Waals surface area contributed by atoms with Crippen LogP contribution < -0.4 is 5.32 Å². The van der Waals surface area contributed by atoms with Gasteiger partial charge in [-0.2, -0.15) is 10.2 Å². The van der Waals surface area contributed by atoms with E-state index in [0.29, 0.717) is 18.1 Å². The Hall–Kier alpha value is -2.22. The molecular formula is C17H24ClN5O3. The molecule has 9 heteroatoms. The number of anilines is 1. The number of hydrogen-bond acceptors (Lipinski definition) is 6. The number of carbonyl (C=O) groups excluding carboxylic acids is 1. The van der Waals surface area contributed by atoms with Gasteiger partial charge < -0.3 is 14.8 Å². The maximum absolute atomic E-state index is 11.9. The number of nitrogens with zero attached hydrogens (tertiary/aromatic N) is 4. The molecule has 0 amide bonds. The molecule has 2 aromatic rings. The lowest BCUT2D eigenvalue weighted by Gasteiger charge is -2.26. The van der Waals surface area contributed by atoms with Gasteiger partial charge in [0.05, 0.1) is 24.3 Å². The quantitative estimate of drug-likeness (QED) is 0.815. The molecule has 142 valence electrons. The molecule has 26 heavy (non-hydrogen) atoms. The van der Waals surface area contributed by atoms with E-state index in [4.69, 9.17) is 21.1 Å². The Balaban J connectivity index is 1.76. The molecule has 0 aromatic carbocycles. The average Bonchev–Trinajstić information content (AvgIpc) is 3.07. The SMILES string of the molecule is CC(C)n1ncc(Cl)c1-c1cc2n(n1)CC(OC(=O)OC(C)(C)C)CN2. The van der Waals surface area contributed by atoms with Gasteiger partial charge in [0, 0.05) is 12.1 Å². The molecule has 3 heterocycles. The Kier molecular flexibility index (Phi) is 4.88. The van der Waals surface area contributed by atoms with E-state index in [2.05, 4.69) is 15.5 Å². The van der Waals surface area contributed by atoms with Crippen LogP contribution in [0.3, 0.4) is 0 Å². The Morgan fingerprint density at radius 1 is 1.42 bits per heavy atom. The number of fused-ring (bicyclic) bond motifs is 1. The Morgan fingerprint density at radius 2 is 2.15 bits per heavy atom. The summed E-state index contributed by atoms with van der Waals surface area (Å²) in [4.78, 5) is 11.9. The van der Waals surface area contributed by atoms with Gasteiger partial charge in [-0.05, 0) is 34.6 Å². The van der Waals surface area contributed by atoms with Crippen molar-refractivity contribution in [3.63, 3.8) is 0 Å². The Bertz CT molecular complexity index is 806. The minimum absolute atomic E-state index is 0.160. The first-order valence-electron chi connectivity index (χ1n) is 8.59. The number of aromatic nitrogens is 4. The summed E-state index contributed by atoms with van der Waals surface area (Å²) in [5.41, 5.74) is 0.909. The zero-order valence-corrected chi connectivity index (χ0v) is 16.4. The minimum atomic E-state index is -0.680. The minimum Gasteiger partial charge on any atom is -0.429 e. The summed E-state index contributed by atoms with van der Waals surface area (Å²) in [7, 11) is 0. The van der Waals surface area contributed by atoms with E-state index in [0.717, 1.165) is 17.2 Å². The molecule has 2 aromatic heterocycles. The first-order chi connectivity index (χ1) is 12.1. The summed E-state index contributed by atoms with van der Waals surface area (Å²) in [6.45, 7) is 10.4. The predicted molar refractivity (Wildman–Crippen MR) is 98.4 cm³/mol. The van der Waals surface area contributed by atoms with Gasteiger partial charge >= 0.3 is 6.16 Å². The third kappa shape index (κ3) is 3.95. The van der Waals surface area contributed by atoms with Crippen LogP contribution in [0.25, 0.3) is 11.4 Å². The van der Waals surface area contributed by atoms with Crippen molar-refractivity contribution in [3.05, 3.63) is 17.3 Å². The number of hydrogen-bond donors (Lipinski definition) is 1. The van der Waals surface area contributed by atoms with E-state index in [1.165, 1.54) is 0 Å². The van der Waals surface area contributed by atoms with E-state index in [1.807, 2.05) is 24.6 Å². The van der Waals surface area contributed by atoms with Crippen molar-refractivity contribution < 1.29 is 14.3 Å². The fraction of sp³-hybridized carbons (Fsp3) is 0.588. The van der Waals surface area contributed by atoms with Gasteiger partial charge in [-0.25, -0.2) is 9.48 Å². The average molecular weight is 382 g/mol. The standard InChI is InChI=1S/C17H24ClN5O3/c1-10(2)23-15(12(18)8-20-23)13-6-14-19-7-11(9-22(14)21-13)25-16(24)26-17(3,4)5/h6,8,10-11,19H,7,9H2,1-5H3. The highest BCUT2D eigenvalue weighted by atomic mass is 35.5. The van der Waals surface area contributed by atoms with Crippen LogP contribution in [0.1, 0.15) is 40.7 Å². The predicted octanol–water partition coefficient (Wildman–Crippen LogP) is 3.73. The monoisotopic (exact) mass is 381 g/mol. The molecule has 0 fully saturated rings. The maximum atomic E-state index is 11.9. The van der Waals surface area contributed by atoms with E-state index in [-0.39, 0.29) is 12.1 Å². The lowest BCUT2D eigenvalue weighted by atomic mass is 10.2. The second-order valence-electron chi connectivity index (χ2n) is 7.56. The van der Waals surface area contributed by atoms with Gasteiger partial charge in [0.2, 0.25) is 0 Å². The number of rotatable bonds is 3. The lowest BCUT2D eigenvalue weighted by molar-refractivity contribution is -0.0287. The second-order valence-corrected chi connectivity index (χ2v) is 7.97. The Labute approximate surface area is 157 Å². The molecule has 0 saturated carbocycles. The van der Waals surface area contributed by atoms with Crippen molar-refractivity contribution in [2.24, 2.45) is 0 Å². The largest absolute Gasteiger partial charge is 0.509 e. The summed E-state index contributed by atoms with van der Waals surface area (Å²) in [5.74, 6) is 0.844. The van der Waals surface area contributed by atoms with Crippen LogP contribution in [0.5, 0.6) is 0 Å². The van der Waals surface area contributed by atoms with E-state index in [9.17, 15) is 4.79 Å². The zero-order chi connectivity index (χ0) is 19.1. The van der Waals surface area contributed by atoms with Crippen LogP contribution in [0.2, 0.25) is 5.02 Å². The van der Waals surface area contributed by atoms with Crippen LogP contribution >= 0.6 is 11.6 Å². The third-order valence-electron chi connectivity index (χ3n) is 3.80. The molecule has 1 atom stereocenters. The summed E-state index contributed by atoms with van der Waals surface area (Å²) in [5, 5.41) is 12.7. The molecule has 0 aliphatic carbocycles. The number of ether oxygens (including phenoxy) is 2. The van der Waals surface area contributed by atoms with Gasteiger partial charge in [-0.3, -0.25) is 4.68 Å². The first kappa shape index (κ1) is 18.6. The van der Waals surface area contributed by atoms with Gasteiger partial charge in [-0.15, -0.1) is 0 Å². The molecule has 1 aliphatic heterocycles. The molecule has 1 aliphatic rings. The smallest absolute Gasteiger partial charge is 0.429 e. The highest BCUT2D eigenvalue weighted by molar-refractivity contribution is 6.32. The molecule has 3 rings (SSSR count). The topological polar surface area (TPSA) is 83.2 Å². The van der Waals surface area contributed by atoms with Gasteiger partial charge in [-0.1, -0.05) is 11.6 Å². The summed E-state index contributed by atoms with van der Waals surface area (Å²) >= 11 is 6.31. The van der Waals surface area contributed by atoms with E-state index < -0.39 is 11.8 Å². The number of halogens is 1. The van der Waals surface area contributed by atoms with Crippen LogP contribution in [-0.4, -0.2) is 44.0 Å². The highest BCUT2D eigenvalue weighted by Crippen LogP contribution is 2.31.